The third-order valence-corrected chi connectivity index (χ3v) is 4.25. The molecule has 0 unspecified atom stereocenters. The second kappa shape index (κ2) is 11.3. The lowest BCUT2D eigenvalue weighted by Crippen LogP contribution is -2.22. The number of hydrogen-bond donors (Lipinski definition) is 0. The maximum atomic E-state index is 5.91. The zero-order valence-electron chi connectivity index (χ0n) is 16.6. The molecule has 0 bridgehead atoms. The molecule has 0 amide bonds. The van der Waals surface area contributed by atoms with E-state index in [9.17, 15) is 0 Å². The van der Waals surface area contributed by atoms with E-state index in [1.54, 1.807) is 14.2 Å². The molecule has 6 nitrogen and oxygen atoms in total. The van der Waals surface area contributed by atoms with Crippen LogP contribution >= 0.6 is 12.4 Å². The van der Waals surface area contributed by atoms with Crippen LogP contribution in [0.3, 0.4) is 0 Å². The van der Waals surface area contributed by atoms with Gasteiger partial charge in [0.25, 0.3) is 0 Å². The minimum Gasteiger partial charge on any atom is -0.487 e. The number of benzene rings is 2. The molecule has 0 aromatic heterocycles. The van der Waals surface area contributed by atoms with Gasteiger partial charge in [-0.05, 0) is 24.3 Å². The van der Waals surface area contributed by atoms with Gasteiger partial charge in [0.05, 0.1) is 18.9 Å². The van der Waals surface area contributed by atoms with E-state index in [-0.39, 0.29) is 12.4 Å². The number of anilines is 2. The second-order valence-electron chi connectivity index (χ2n) is 6.12. The maximum absolute atomic E-state index is 5.91. The van der Waals surface area contributed by atoms with E-state index in [0.717, 1.165) is 22.5 Å². The summed E-state index contributed by atoms with van der Waals surface area (Å²) in [6, 6.07) is 11.7. The Morgan fingerprint density at radius 2 is 1.69 bits per heavy atom. The number of hydrogen-bond acceptors (Lipinski definition) is 6. The van der Waals surface area contributed by atoms with Crippen molar-refractivity contribution in [1.29, 1.82) is 0 Å². The molecule has 29 heavy (non-hydrogen) atoms. The average molecular weight is 417 g/mol. The average Bonchev–Trinajstić information content (AvgIpc) is 2.74. The Morgan fingerprint density at radius 3 is 2.34 bits per heavy atom. The number of rotatable bonds is 9. The van der Waals surface area contributed by atoms with Crippen LogP contribution in [0.1, 0.15) is 11.1 Å². The van der Waals surface area contributed by atoms with E-state index in [4.69, 9.17) is 25.4 Å². The predicted octanol–water partition coefficient (Wildman–Crippen LogP) is 3.67. The van der Waals surface area contributed by atoms with Gasteiger partial charge in [0.1, 0.15) is 19.9 Å². The van der Waals surface area contributed by atoms with Crippen molar-refractivity contribution in [3.63, 3.8) is 0 Å². The van der Waals surface area contributed by atoms with E-state index >= 15 is 0 Å². The highest BCUT2D eigenvalue weighted by Gasteiger charge is 2.20. The first-order valence-corrected chi connectivity index (χ1v) is 9.02. The van der Waals surface area contributed by atoms with Crippen LogP contribution in [-0.4, -0.2) is 53.5 Å². The molecule has 1 heterocycles. The van der Waals surface area contributed by atoms with Crippen LogP contribution in [0.5, 0.6) is 11.5 Å². The summed E-state index contributed by atoms with van der Waals surface area (Å²) in [5.74, 6) is 3.98. The summed E-state index contributed by atoms with van der Waals surface area (Å²) >= 11 is 0. The second-order valence-corrected chi connectivity index (χ2v) is 6.12. The van der Waals surface area contributed by atoms with E-state index in [2.05, 4.69) is 15.8 Å². The normalized spacial score (nSPS) is 12.0. The minimum absolute atomic E-state index is 0. The summed E-state index contributed by atoms with van der Waals surface area (Å²) in [5, 5.41) is 0. The Hall–Kier alpha value is -2.72. The smallest absolute Gasteiger partial charge is 0.163 e. The fourth-order valence-electron chi connectivity index (χ4n) is 2.88. The standard InChI is InChI=1S/C22H24N2O4.ClH/c1-4-17-6-5-7-19(12-17)24-16-23-15-18-13-21(27-10-8-25-2)22(14-20(18)24)28-11-9-26-3;/h1,5-7,12-15H,8-11,16H2,2-3H3;1H. The number of nitrogens with zero attached hydrogens (tertiary/aromatic N) is 2. The van der Waals surface area contributed by atoms with E-state index in [0.29, 0.717) is 44.6 Å². The van der Waals surface area contributed by atoms with E-state index in [1.807, 2.05) is 42.6 Å². The first kappa shape index (κ1) is 22.6. The van der Waals surface area contributed by atoms with Crippen molar-refractivity contribution in [2.75, 3.05) is 52.2 Å². The highest BCUT2D eigenvalue weighted by atomic mass is 35.5. The SMILES string of the molecule is C#Cc1cccc(N2CN=Cc3cc(OCCOC)c(OCCOC)cc32)c1.Cl. The Kier molecular flexibility index (Phi) is 8.81. The molecule has 0 fully saturated rings. The molecule has 0 N–H and O–H groups in total. The largest absolute Gasteiger partial charge is 0.487 e. The molecular formula is C22H25ClN2O4. The van der Waals surface area contributed by atoms with Crippen LogP contribution in [0.25, 0.3) is 0 Å². The summed E-state index contributed by atoms with van der Waals surface area (Å²) < 4.78 is 21.9. The highest BCUT2D eigenvalue weighted by molar-refractivity contribution is 5.93. The van der Waals surface area contributed by atoms with E-state index in [1.165, 1.54) is 0 Å². The summed E-state index contributed by atoms with van der Waals surface area (Å²) in [4.78, 5) is 6.58. The summed E-state index contributed by atoms with van der Waals surface area (Å²) in [7, 11) is 3.28. The molecule has 154 valence electrons. The Balaban J connectivity index is 0.00000300. The third kappa shape index (κ3) is 5.64. The molecule has 0 aliphatic carbocycles. The third-order valence-electron chi connectivity index (χ3n) is 4.25. The van der Waals surface area contributed by atoms with Gasteiger partial charge in [-0.15, -0.1) is 18.8 Å². The van der Waals surface area contributed by atoms with Gasteiger partial charge in [0.2, 0.25) is 0 Å². The fraction of sp³-hybridized carbons (Fsp3) is 0.318. The van der Waals surface area contributed by atoms with Crippen LogP contribution in [0.15, 0.2) is 41.4 Å². The monoisotopic (exact) mass is 416 g/mol. The van der Waals surface area contributed by atoms with Gasteiger partial charge in [-0.3, -0.25) is 4.99 Å². The molecule has 0 saturated heterocycles. The quantitative estimate of drug-likeness (QED) is 0.461. The molecular weight excluding hydrogens is 392 g/mol. The molecule has 1 aliphatic heterocycles. The minimum atomic E-state index is 0. The molecule has 0 atom stereocenters. The molecule has 0 spiro atoms. The lowest BCUT2D eigenvalue weighted by Gasteiger charge is -2.29. The molecule has 2 aromatic carbocycles. The maximum Gasteiger partial charge on any atom is 0.163 e. The Bertz CT molecular complexity index is 880. The van der Waals surface area contributed by atoms with Crippen molar-refractivity contribution in [2.24, 2.45) is 4.99 Å². The fourth-order valence-corrected chi connectivity index (χ4v) is 2.88. The van der Waals surface area contributed by atoms with Crippen LogP contribution in [0, 0.1) is 12.3 Å². The van der Waals surface area contributed by atoms with Crippen molar-refractivity contribution >= 4 is 30.0 Å². The topological polar surface area (TPSA) is 52.5 Å². The highest BCUT2D eigenvalue weighted by Crippen LogP contribution is 2.39. The van der Waals surface area contributed by atoms with Crippen molar-refractivity contribution in [2.45, 2.75) is 0 Å². The van der Waals surface area contributed by atoms with Crippen molar-refractivity contribution < 1.29 is 18.9 Å². The summed E-state index contributed by atoms with van der Waals surface area (Å²) in [6.07, 6.45) is 7.40. The number of ether oxygens (including phenoxy) is 4. The zero-order valence-corrected chi connectivity index (χ0v) is 17.4. The molecule has 7 heteroatoms. The van der Waals surface area contributed by atoms with Crippen LogP contribution < -0.4 is 14.4 Å². The van der Waals surface area contributed by atoms with Crippen molar-refractivity contribution in [3.8, 4) is 23.8 Å². The zero-order chi connectivity index (χ0) is 19.8. The van der Waals surface area contributed by atoms with Gasteiger partial charge < -0.3 is 23.8 Å². The van der Waals surface area contributed by atoms with Crippen LogP contribution in [0.4, 0.5) is 11.4 Å². The van der Waals surface area contributed by atoms with Crippen molar-refractivity contribution in [1.82, 2.24) is 0 Å². The van der Waals surface area contributed by atoms with Gasteiger partial charge >= 0.3 is 0 Å². The lowest BCUT2D eigenvalue weighted by molar-refractivity contribution is 0.132. The summed E-state index contributed by atoms with van der Waals surface area (Å²) in [6.45, 7) is 2.34. The first-order valence-electron chi connectivity index (χ1n) is 9.02. The number of terminal acetylenes is 1. The van der Waals surface area contributed by atoms with Gasteiger partial charge in [0.15, 0.2) is 11.5 Å². The lowest BCUT2D eigenvalue weighted by atomic mass is 10.1. The molecule has 0 saturated carbocycles. The molecule has 2 aromatic rings. The van der Waals surface area contributed by atoms with Gasteiger partial charge in [-0.2, -0.15) is 0 Å². The van der Waals surface area contributed by atoms with Crippen LogP contribution in [-0.2, 0) is 9.47 Å². The molecule has 1 aliphatic rings. The molecule has 3 rings (SSSR count). The van der Waals surface area contributed by atoms with Gasteiger partial charge in [-0.25, -0.2) is 0 Å². The van der Waals surface area contributed by atoms with Crippen LogP contribution in [0.2, 0.25) is 0 Å². The van der Waals surface area contributed by atoms with E-state index < -0.39 is 0 Å². The molecule has 0 radical (unpaired) electrons. The Morgan fingerprint density at radius 1 is 1.00 bits per heavy atom. The first-order chi connectivity index (χ1) is 13.8. The number of fused-ring (bicyclic) bond motifs is 1. The van der Waals surface area contributed by atoms with Crippen molar-refractivity contribution in [3.05, 3.63) is 47.5 Å². The van der Waals surface area contributed by atoms with Gasteiger partial charge in [-0.1, -0.05) is 12.0 Å². The Labute approximate surface area is 177 Å². The number of halogens is 1. The summed E-state index contributed by atoms with van der Waals surface area (Å²) in [5.41, 5.74) is 3.73. The number of methoxy groups -OCH3 is 2. The predicted molar refractivity (Wildman–Crippen MR) is 117 cm³/mol. The number of aliphatic imine (C=N–C) groups is 1. The van der Waals surface area contributed by atoms with Gasteiger partial charge in [0, 0.05) is 43.3 Å².